The smallest absolute Gasteiger partial charge is 0.403 e. The summed E-state index contributed by atoms with van der Waals surface area (Å²) in [5, 5.41) is 9.19. The molecule has 0 radical (unpaired) electrons. The fourth-order valence-corrected chi connectivity index (χ4v) is 3.52. The van der Waals surface area contributed by atoms with Crippen LogP contribution in [0.5, 0.6) is 0 Å². The van der Waals surface area contributed by atoms with Crippen molar-refractivity contribution in [1.82, 2.24) is 4.90 Å². The topological polar surface area (TPSA) is 41.9 Å². The van der Waals surface area contributed by atoms with E-state index in [1.165, 1.54) is 0 Å². The fourth-order valence-electron chi connectivity index (χ4n) is 3.52. The van der Waals surface area contributed by atoms with Crippen LogP contribution in [0.1, 0.15) is 60.8 Å². The Bertz CT molecular complexity index is 345. The van der Waals surface area contributed by atoms with Gasteiger partial charge in [0.1, 0.15) is 0 Å². The fraction of sp³-hybridized carbons (Fsp3) is 1.00. The van der Waals surface area contributed by atoms with Crippen molar-refractivity contribution >= 4 is 7.12 Å². The summed E-state index contributed by atoms with van der Waals surface area (Å²) >= 11 is 0. The minimum Gasteiger partial charge on any atom is -0.403 e. The molecule has 122 valence electrons. The Labute approximate surface area is 130 Å². The lowest BCUT2D eigenvalue weighted by atomic mass is 9.64. The molecule has 1 unspecified atom stereocenters. The van der Waals surface area contributed by atoms with Crippen molar-refractivity contribution in [3.63, 3.8) is 0 Å². The van der Waals surface area contributed by atoms with Crippen molar-refractivity contribution in [2.75, 3.05) is 13.2 Å². The quantitative estimate of drug-likeness (QED) is 0.765. The van der Waals surface area contributed by atoms with Gasteiger partial charge in [-0.1, -0.05) is 13.8 Å². The van der Waals surface area contributed by atoms with Gasteiger partial charge in [-0.3, -0.25) is 4.90 Å². The normalized spacial score (nSPS) is 33.0. The van der Waals surface area contributed by atoms with Crippen LogP contribution >= 0.6 is 0 Å². The van der Waals surface area contributed by atoms with Crippen LogP contribution in [-0.2, 0) is 9.31 Å². The zero-order chi connectivity index (χ0) is 15.8. The van der Waals surface area contributed by atoms with E-state index in [1.54, 1.807) is 0 Å². The minimum atomic E-state index is -0.254. The number of hydrogen-bond donors (Lipinski definition) is 1. The maximum Gasteiger partial charge on any atom is 0.462 e. The number of aliphatic hydroxyl groups is 1. The third-order valence-corrected chi connectivity index (χ3v) is 5.66. The first kappa shape index (κ1) is 17.3. The number of aliphatic hydroxyl groups excluding tert-OH is 1. The van der Waals surface area contributed by atoms with Crippen LogP contribution in [0.4, 0.5) is 0 Å². The molecular formula is C16H32BNO3. The highest BCUT2D eigenvalue weighted by atomic mass is 16.7. The van der Waals surface area contributed by atoms with Crippen molar-refractivity contribution in [3.8, 4) is 0 Å². The zero-order valence-electron chi connectivity index (χ0n) is 14.6. The summed E-state index contributed by atoms with van der Waals surface area (Å²) in [6.07, 6.45) is 3.17. The molecule has 0 aromatic heterocycles. The van der Waals surface area contributed by atoms with E-state index in [2.05, 4.69) is 46.4 Å². The van der Waals surface area contributed by atoms with Crippen molar-refractivity contribution in [2.24, 2.45) is 0 Å². The maximum atomic E-state index is 9.19. The van der Waals surface area contributed by atoms with E-state index in [0.29, 0.717) is 17.9 Å². The largest absolute Gasteiger partial charge is 0.462 e. The molecular weight excluding hydrogens is 265 g/mol. The molecule has 4 nitrogen and oxygen atoms in total. The lowest BCUT2D eigenvalue weighted by Gasteiger charge is -2.51. The first-order valence-electron chi connectivity index (χ1n) is 8.45. The van der Waals surface area contributed by atoms with Gasteiger partial charge in [0.25, 0.3) is 0 Å². The molecule has 0 bridgehead atoms. The molecule has 0 aromatic carbocycles. The van der Waals surface area contributed by atoms with Gasteiger partial charge in [-0.2, -0.15) is 0 Å². The van der Waals surface area contributed by atoms with Crippen molar-refractivity contribution in [2.45, 2.75) is 89.9 Å². The summed E-state index contributed by atoms with van der Waals surface area (Å²) in [6, 6.07) is 1.04. The molecule has 5 heteroatoms. The molecule has 2 saturated heterocycles. The molecule has 0 saturated carbocycles. The van der Waals surface area contributed by atoms with Crippen LogP contribution in [0.3, 0.4) is 0 Å². The zero-order valence-corrected chi connectivity index (χ0v) is 14.6. The second-order valence-electron chi connectivity index (χ2n) is 7.69. The van der Waals surface area contributed by atoms with E-state index in [0.717, 1.165) is 25.8 Å². The van der Waals surface area contributed by atoms with Gasteiger partial charge in [0.05, 0.1) is 11.2 Å². The van der Waals surface area contributed by atoms with Crippen molar-refractivity contribution in [3.05, 3.63) is 0 Å². The molecule has 2 aliphatic heterocycles. The van der Waals surface area contributed by atoms with Crippen LogP contribution in [-0.4, -0.2) is 53.6 Å². The van der Waals surface area contributed by atoms with Crippen molar-refractivity contribution in [1.29, 1.82) is 0 Å². The summed E-state index contributed by atoms with van der Waals surface area (Å²) in [6.45, 7) is 14.3. The van der Waals surface area contributed by atoms with Crippen LogP contribution in [0.2, 0.25) is 5.82 Å². The van der Waals surface area contributed by atoms with Crippen LogP contribution in [0, 0.1) is 0 Å². The minimum absolute atomic E-state index is 0.130. The summed E-state index contributed by atoms with van der Waals surface area (Å²) in [7, 11) is -0.130. The highest BCUT2D eigenvalue weighted by Crippen LogP contribution is 2.44. The molecule has 21 heavy (non-hydrogen) atoms. The molecule has 2 fully saturated rings. The van der Waals surface area contributed by atoms with Gasteiger partial charge in [0.2, 0.25) is 0 Å². The number of nitrogens with zero attached hydrogens (tertiary/aromatic N) is 1. The summed E-state index contributed by atoms with van der Waals surface area (Å²) in [5.74, 6) is 0.354. The van der Waals surface area contributed by atoms with Gasteiger partial charge in [-0.15, -0.1) is 0 Å². The molecule has 0 aromatic rings. The third-order valence-electron chi connectivity index (χ3n) is 5.66. The average molecular weight is 297 g/mol. The molecule has 0 aliphatic carbocycles. The average Bonchev–Trinajstić information content (AvgIpc) is 2.59. The molecule has 1 N–H and O–H groups in total. The third kappa shape index (κ3) is 3.16. The van der Waals surface area contributed by atoms with Gasteiger partial charge in [0, 0.05) is 24.5 Å². The van der Waals surface area contributed by atoms with Crippen LogP contribution < -0.4 is 0 Å². The Morgan fingerprint density at radius 1 is 1.24 bits per heavy atom. The predicted molar refractivity (Wildman–Crippen MR) is 86.4 cm³/mol. The SMILES string of the molecule is CCCN1C([C@@H](C)B2OC(C)(C)C(C)(C)O2)C[C@H]1CCO. The molecule has 0 spiro atoms. The van der Waals surface area contributed by atoms with Gasteiger partial charge in [-0.25, -0.2) is 0 Å². The van der Waals surface area contributed by atoms with Crippen LogP contribution in [0.25, 0.3) is 0 Å². The highest BCUT2D eigenvalue weighted by Gasteiger charge is 2.56. The van der Waals surface area contributed by atoms with Gasteiger partial charge in [0.15, 0.2) is 0 Å². The molecule has 2 heterocycles. The first-order chi connectivity index (χ1) is 9.73. The lowest BCUT2D eigenvalue weighted by Crippen LogP contribution is -2.59. The Kier molecular flexibility index (Phi) is 5.09. The Morgan fingerprint density at radius 2 is 1.81 bits per heavy atom. The van der Waals surface area contributed by atoms with E-state index in [4.69, 9.17) is 9.31 Å². The van der Waals surface area contributed by atoms with Gasteiger partial charge >= 0.3 is 7.12 Å². The molecule has 2 aliphatic rings. The Hall–Kier alpha value is -0.0951. The lowest BCUT2D eigenvalue weighted by molar-refractivity contribution is -0.00523. The maximum absolute atomic E-state index is 9.19. The second kappa shape index (κ2) is 6.19. The number of likely N-dealkylation sites (tertiary alicyclic amines) is 1. The summed E-state index contributed by atoms with van der Waals surface area (Å²) < 4.78 is 12.4. The predicted octanol–water partition coefficient (Wildman–Crippen LogP) is 2.70. The summed E-state index contributed by atoms with van der Waals surface area (Å²) in [4.78, 5) is 2.53. The molecule has 3 atom stereocenters. The number of rotatable bonds is 6. The van der Waals surface area contributed by atoms with E-state index >= 15 is 0 Å². The summed E-state index contributed by atoms with van der Waals surface area (Å²) in [5.41, 5.74) is -0.508. The first-order valence-corrected chi connectivity index (χ1v) is 8.45. The molecule has 2 rings (SSSR count). The molecule has 0 amide bonds. The monoisotopic (exact) mass is 297 g/mol. The van der Waals surface area contributed by atoms with Crippen LogP contribution in [0.15, 0.2) is 0 Å². The standard InChI is InChI=1S/C16H32BNO3/c1-7-9-18-13(8-10-19)11-14(18)12(2)17-20-15(3,4)16(5,6)21-17/h12-14,19H,7-11H2,1-6H3/t12-,13-,14?/m1/s1. The van der Waals surface area contributed by atoms with Crippen molar-refractivity contribution < 1.29 is 14.4 Å². The highest BCUT2D eigenvalue weighted by molar-refractivity contribution is 6.47. The van der Waals surface area contributed by atoms with E-state index in [-0.39, 0.29) is 24.9 Å². The van der Waals surface area contributed by atoms with E-state index in [9.17, 15) is 5.11 Å². The Morgan fingerprint density at radius 3 is 2.29 bits per heavy atom. The number of hydrogen-bond acceptors (Lipinski definition) is 4. The van der Waals surface area contributed by atoms with Gasteiger partial charge in [-0.05, 0) is 53.5 Å². The Balaban J connectivity index is 1.99. The van der Waals surface area contributed by atoms with E-state index in [1.807, 2.05) is 0 Å². The van der Waals surface area contributed by atoms with E-state index < -0.39 is 0 Å². The van der Waals surface area contributed by atoms with Gasteiger partial charge < -0.3 is 14.4 Å². The second-order valence-corrected chi connectivity index (χ2v) is 7.69.